The minimum Gasteiger partial charge on any atom is -0.382 e. The maximum Gasteiger partial charge on any atom is 0.406 e. The van der Waals surface area contributed by atoms with E-state index in [1.54, 1.807) is 0 Å². The molecule has 0 aromatic carbocycles. The van der Waals surface area contributed by atoms with Crippen LogP contribution in [0.3, 0.4) is 0 Å². The lowest BCUT2D eigenvalue weighted by molar-refractivity contribution is -0.157. The number of carbonyl (C=O) groups is 2. The van der Waals surface area contributed by atoms with Gasteiger partial charge in [0, 0.05) is 32.6 Å². The van der Waals surface area contributed by atoms with Crippen LogP contribution in [0.15, 0.2) is 0 Å². The lowest BCUT2D eigenvalue weighted by Crippen LogP contribution is -2.39. The van der Waals surface area contributed by atoms with Crippen molar-refractivity contribution < 1.29 is 27.5 Å². The van der Waals surface area contributed by atoms with E-state index in [-0.39, 0.29) is 25.3 Å². The first kappa shape index (κ1) is 16.7. The second kappa shape index (κ2) is 7.47. The molecule has 8 heteroatoms. The predicted molar refractivity (Wildman–Crippen MR) is 64.9 cm³/mol. The molecule has 1 aliphatic heterocycles. The molecule has 0 aromatic heterocycles. The van der Waals surface area contributed by atoms with Crippen molar-refractivity contribution in [1.29, 1.82) is 0 Å². The van der Waals surface area contributed by atoms with Crippen LogP contribution in [0.4, 0.5) is 13.2 Å². The summed E-state index contributed by atoms with van der Waals surface area (Å²) in [5.41, 5.74) is 0. The van der Waals surface area contributed by atoms with Crippen LogP contribution in [-0.4, -0.2) is 55.2 Å². The summed E-state index contributed by atoms with van der Waals surface area (Å²) in [5.74, 6) is -0.849. The summed E-state index contributed by atoms with van der Waals surface area (Å²) in [4.78, 5) is 23.7. The van der Waals surface area contributed by atoms with Crippen LogP contribution in [0.2, 0.25) is 0 Å². The molecule has 0 saturated carbocycles. The third-order valence-corrected chi connectivity index (χ3v) is 2.85. The summed E-state index contributed by atoms with van der Waals surface area (Å²) in [5, 5.41) is 2.58. The molecule has 20 heavy (non-hydrogen) atoms. The van der Waals surface area contributed by atoms with E-state index in [4.69, 9.17) is 4.74 Å². The fraction of sp³-hybridized carbons (Fsp3) is 0.833. The summed E-state index contributed by atoms with van der Waals surface area (Å²) in [7, 11) is 0. The predicted octanol–water partition coefficient (Wildman–Crippen LogP) is 1.08. The number of hydrogen-bond acceptors (Lipinski definition) is 3. The maximum absolute atomic E-state index is 12.2. The van der Waals surface area contributed by atoms with Crippen molar-refractivity contribution in [2.24, 2.45) is 0 Å². The summed E-state index contributed by atoms with van der Waals surface area (Å²) in [6.07, 6.45) is -3.70. The Kier molecular flexibility index (Phi) is 6.25. The van der Waals surface area contributed by atoms with Crippen molar-refractivity contribution in [3.05, 3.63) is 0 Å². The molecule has 0 aliphatic carbocycles. The van der Waals surface area contributed by atoms with Crippen LogP contribution in [0.5, 0.6) is 0 Å². The number of nitrogens with one attached hydrogen (secondary N) is 1. The van der Waals surface area contributed by atoms with Gasteiger partial charge in [-0.25, -0.2) is 0 Å². The molecule has 1 aliphatic rings. The fourth-order valence-corrected chi connectivity index (χ4v) is 2.02. The van der Waals surface area contributed by atoms with E-state index in [2.05, 4.69) is 5.32 Å². The van der Waals surface area contributed by atoms with Gasteiger partial charge in [-0.3, -0.25) is 9.59 Å². The lowest BCUT2D eigenvalue weighted by atomic mass is 10.2. The second-order valence-corrected chi connectivity index (χ2v) is 4.66. The van der Waals surface area contributed by atoms with E-state index in [0.717, 1.165) is 4.90 Å². The van der Waals surface area contributed by atoms with Crippen molar-refractivity contribution in [1.82, 2.24) is 10.2 Å². The van der Waals surface area contributed by atoms with E-state index in [1.807, 2.05) is 6.92 Å². The van der Waals surface area contributed by atoms with E-state index in [1.165, 1.54) is 0 Å². The SMILES string of the molecule is CCOCCCC(=O)N[C@H]1CC(=O)N(CC(F)(F)F)C1. The van der Waals surface area contributed by atoms with Gasteiger partial charge in [-0.2, -0.15) is 13.2 Å². The van der Waals surface area contributed by atoms with Crippen LogP contribution in [0.25, 0.3) is 0 Å². The summed E-state index contributed by atoms with van der Waals surface area (Å²) < 4.78 is 41.7. The monoisotopic (exact) mass is 296 g/mol. The number of ether oxygens (including phenoxy) is 1. The van der Waals surface area contributed by atoms with Crippen molar-refractivity contribution in [2.45, 2.75) is 38.4 Å². The lowest BCUT2D eigenvalue weighted by Gasteiger charge is -2.18. The number of carbonyl (C=O) groups excluding carboxylic acids is 2. The quantitative estimate of drug-likeness (QED) is 0.715. The minimum atomic E-state index is -4.41. The highest BCUT2D eigenvalue weighted by atomic mass is 19.4. The third-order valence-electron chi connectivity index (χ3n) is 2.85. The fourth-order valence-electron chi connectivity index (χ4n) is 2.02. The van der Waals surface area contributed by atoms with Gasteiger partial charge in [0.15, 0.2) is 0 Å². The highest BCUT2D eigenvalue weighted by molar-refractivity contribution is 5.82. The molecule has 116 valence electrons. The van der Waals surface area contributed by atoms with Gasteiger partial charge >= 0.3 is 6.18 Å². The average molecular weight is 296 g/mol. The number of nitrogens with zero attached hydrogens (tertiary/aromatic N) is 1. The summed E-state index contributed by atoms with van der Waals surface area (Å²) >= 11 is 0. The Balaban J connectivity index is 2.29. The number of halogens is 3. The minimum absolute atomic E-state index is 0.0761. The molecule has 1 fully saturated rings. The Labute approximate surface area is 115 Å². The Morgan fingerprint density at radius 3 is 2.80 bits per heavy atom. The molecule has 0 bridgehead atoms. The molecule has 0 radical (unpaired) electrons. The topological polar surface area (TPSA) is 58.6 Å². The Hall–Kier alpha value is -1.31. The Morgan fingerprint density at radius 2 is 2.20 bits per heavy atom. The van der Waals surface area contributed by atoms with Gasteiger partial charge in [0.05, 0.1) is 6.04 Å². The molecule has 0 unspecified atom stereocenters. The van der Waals surface area contributed by atoms with Gasteiger partial charge in [-0.15, -0.1) is 0 Å². The number of hydrogen-bond donors (Lipinski definition) is 1. The number of alkyl halides is 3. The smallest absolute Gasteiger partial charge is 0.382 e. The van der Waals surface area contributed by atoms with Crippen LogP contribution in [0.1, 0.15) is 26.2 Å². The molecule has 0 aromatic rings. The van der Waals surface area contributed by atoms with Gasteiger partial charge < -0.3 is 15.0 Å². The Morgan fingerprint density at radius 1 is 1.50 bits per heavy atom. The number of likely N-dealkylation sites (tertiary alicyclic amines) is 1. The first-order valence-corrected chi connectivity index (χ1v) is 6.53. The first-order chi connectivity index (χ1) is 9.31. The van der Waals surface area contributed by atoms with E-state index in [0.29, 0.717) is 19.6 Å². The largest absolute Gasteiger partial charge is 0.406 e. The third kappa shape index (κ3) is 6.23. The van der Waals surface area contributed by atoms with Gasteiger partial charge in [0.2, 0.25) is 11.8 Å². The van der Waals surface area contributed by atoms with E-state index in [9.17, 15) is 22.8 Å². The van der Waals surface area contributed by atoms with Gasteiger partial charge in [-0.1, -0.05) is 0 Å². The molecule has 1 N–H and O–H groups in total. The molecule has 0 spiro atoms. The zero-order valence-corrected chi connectivity index (χ0v) is 11.3. The Bertz CT molecular complexity index is 347. The summed E-state index contributed by atoms with van der Waals surface area (Å²) in [6, 6.07) is -0.538. The maximum atomic E-state index is 12.2. The zero-order chi connectivity index (χ0) is 15.2. The van der Waals surface area contributed by atoms with Crippen LogP contribution < -0.4 is 5.32 Å². The number of amides is 2. The van der Waals surface area contributed by atoms with Gasteiger partial charge in [0.25, 0.3) is 0 Å². The zero-order valence-electron chi connectivity index (χ0n) is 11.3. The molecule has 1 rings (SSSR count). The second-order valence-electron chi connectivity index (χ2n) is 4.66. The molecule has 2 amide bonds. The van der Waals surface area contributed by atoms with E-state index < -0.39 is 24.7 Å². The van der Waals surface area contributed by atoms with Crippen LogP contribution in [-0.2, 0) is 14.3 Å². The van der Waals surface area contributed by atoms with Crippen LogP contribution in [0, 0.1) is 0 Å². The molecule has 5 nitrogen and oxygen atoms in total. The number of rotatable bonds is 7. The van der Waals surface area contributed by atoms with Crippen molar-refractivity contribution in [2.75, 3.05) is 26.3 Å². The van der Waals surface area contributed by atoms with Gasteiger partial charge in [-0.05, 0) is 13.3 Å². The normalized spacial score (nSPS) is 19.5. The van der Waals surface area contributed by atoms with Crippen molar-refractivity contribution in [3.63, 3.8) is 0 Å². The average Bonchev–Trinajstić information content (AvgIpc) is 2.63. The molecular weight excluding hydrogens is 277 g/mol. The summed E-state index contributed by atoms with van der Waals surface area (Å²) in [6.45, 7) is 1.54. The van der Waals surface area contributed by atoms with Gasteiger partial charge in [0.1, 0.15) is 6.54 Å². The molecular formula is C12H19F3N2O3. The van der Waals surface area contributed by atoms with Crippen LogP contribution >= 0.6 is 0 Å². The molecule has 1 heterocycles. The van der Waals surface area contributed by atoms with E-state index >= 15 is 0 Å². The van der Waals surface area contributed by atoms with Crippen molar-refractivity contribution >= 4 is 11.8 Å². The van der Waals surface area contributed by atoms with Crippen molar-refractivity contribution in [3.8, 4) is 0 Å². The highest BCUT2D eigenvalue weighted by Gasteiger charge is 2.38. The molecule has 1 atom stereocenters. The standard InChI is InChI=1S/C12H19F3N2O3/c1-2-20-5-3-4-10(18)16-9-6-11(19)17(7-9)8-12(13,14)15/h9H,2-8H2,1H3,(H,16,18)/t9-/m0/s1. The molecule has 1 saturated heterocycles. The first-order valence-electron chi connectivity index (χ1n) is 6.53. The highest BCUT2D eigenvalue weighted by Crippen LogP contribution is 2.20.